The van der Waals surface area contributed by atoms with Gasteiger partial charge in [0.25, 0.3) is 0 Å². The number of amides is 1. The van der Waals surface area contributed by atoms with Crippen LogP contribution >= 0.6 is 0 Å². The molecule has 1 aromatic carbocycles. The highest BCUT2D eigenvalue weighted by molar-refractivity contribution is 5.74. The third-order valence-corrected chi connectivity index (χ3v) is 4.80. The average Bonchev–Trinajstić information content (AvgIpc) is 3.12. The van der Waals surface area contributed by atoms with Crippen LogP contribution in [0, 0.1) is 18.3 Å². The summed E-state index contributed by atoms with van der Waals surface area (Å²) in [5.74, 6) is 2.15. The number of hydrogen-bond donors (Lipinski definition) is 3. The summed E-state index contributed by atoms with van der Waals surface area (Å²) in [6.45, 7) is 9.52. The maximum absolute atomic E-state index is 12.0. The first kappa shape index (κ1) is 25.4. The number of fused-ring (bicyclic) bond motifs is 1. The Hall–Kier alpha value is -4.20. The Morgan fingerprint density at radius 3 is 2.40 bits per heavy atom. The van der Waals surface area contributed by atoms with Crippen molar-refractivity contribution in [1.29, 1.82) is 5.26 Å². The monoisotopic (exact) mass is 481 g/mol. The number of anilines is 3. The fraction of sp³-hybridized carbons (Fsp3) is 0.417. The summed E-state index contributed by atoms with van der Waals surface area (Å²) < 4.78 is 17.5. The van der Waals surface area contributed by atoms with Gasteiger partial charge in [0, 0.05) is 48.2 Å². The molecule has 1 amide bonds. The van der Waals surface area contributed by atoms with Crippen molar-refractivity contribution in [2.75, 3.05) is 31.4 Å². The molecule has 0 saturated carbocycles. The van der Waals surface area contributed by atoms with Crippen LogP contribution in [0.3, 0.4) is 0 Å². The van der Waals surface area contributed by atoms with Gasteiger partial charge in [-0.25, -0.2) is 9.78 Å². The minimum absolute atomic E-state index is 0.235. The molecule has 0 fully saturated rings. The molecule has 0 saturated heterocycles. The van der Waals surface area contributed by atoms with Gasteiger partial charge < -0.3 is 30.2 Å². The Kier molecular flexibility index (Phi) is 7.54. The number of ether oxygens (including phenoxy) is 3. The van der Waals surface area contributed by atoms with E-state index in [9.17, 15) is 10.1 Å². The second-order valence-electron chi connectivity index (χ2n) is 9.01. The minimum atomic E-state index is -0.579. The lowest BCUT2D eigenvalue weighted by molar-refractivity contribution is 0.0511. The molecule has 3 aromatic rings. The van der Waals surface area contributed by atoms with Crippen LogP contribution in [-0.4, -0.2) is 53.1 Å². The Balaban J connectivity index is 1.86. The molecule has 0 radical (unpaired) electrons. The van der Waals surface area contributed by atoms with Crippen LogP contribution in [0.15, 0.2) is 24.3 Å². The largest absolute Gasteiger partial charge is 0.497 e. The second kappa shape index (κ2) is 10.4. The quantitative estimate of drug-likeness (QED) is 0.436. The van der Waals surface area contributed by atoms with Crippen molar-refractivity contribution in [3.63, 3.8) is 0 Å². The van der Waals surface area contributed by atoms with Crippen LogP contribution in [0.5, 0.6) is 11.5 Å². The van der Waals surface area contributed by atoms with E-state index in [0.29, 0.717) is 52.3 Å². The maximum atomic E-state index is 12.0. The Morgan fingerprint density at radius 1 is 1.17 bits per heavy atom. The van der Waals surface area contributed by atoms with E-state index in [1.807, 2.05) is 40.7 Å². The van der Waals surface area contributed by atoms with Crippen LogP contribution in [0.1, 0.15) is 39.0 Å². The Labute approximate surface area is 204 Å². The number of alkyl carbamates (subject to hydrolysis) is 1. The molecule has 2 aromatic heterocycles. The third kappa shape index (κ3) is 6.44. The zero-order valence-corrected chi connectivity index (χ0v) is 21.0. The van der Waals surface area contributed by atoms with Gasteiger partial charge in [0.05, 0.1) is 14.2 Å². The van der Waals surface area contributed by atoms with E-state index >= 15 is 0 Å². The maximum Gasteiger partial charge on any atom is 0.407 e. The fourth-order valence-electron chi connectivity index (χ4n) is 3.29. The number of carbonyl (C=O) groups is 1. The molecule has 0 aliphatic carbocycles. The topological polar surface area (TPSA) is 135 Å². The zero-order valence-electron chi connectivity index (χ0n) is 21.0. The second-order valence-corrected chi connectivity index (χ2v) is 9.01. The number of aromatic nitrogens is 3. The summed E-state index contributed by atoms with van der Waals surface area (Å²) in [5.41, 5.74) is 1.46. The highest BCUT2D eigenvalue weighted by Crippen LogP contribution is 2.30. The van der Waals surface area contributed by atoms with Crippen molar-refractivity contribution >= 4 is 29.1 Å². The number of rotatable bonds is 8. The smallest absolute Gasteiger partial charge is 0.407 e. The highest BCUT2D eigenvalue weighted by Gasteiger charge is 2.20. The Bertz CT molecular complexity index is 1240. The predicted octanol–water partition coefficient (Wildman–Crippen LogP) is 4.00. The lowest BCUT2D eigenvalue weighted by Gasteiger charge is -2.22. The number of hydrogen-bond acceptors (Lipinski definition) is 9. The number of benzene rings is 1. The molecular formula is C24H31N7O4. The number of nitriles is 1. The van der Waals surface area contributed by atoms with Gasteiger partial charge in [-0.05, 0) is 34.6 Å². The van der Waals surface area contributed by atoms with E-state index < -0.39 is 11.7 Å². The van der Waals surface area contributed by atoms with E-state index in [1.54, 1.807) is 36.9 Å². The molecule has 11 nitrogen and oxygen atoms in total. The number of methoxy groups -OCH3 is 2. The summed E-state index contributed by atoms with van der Waals surface area (Å²) in [7, 11) is 3.13. The van der Waals surface area contributed by atoms with Crippen LogP contribution < -0.4 is 25.4 Å². The van der Waals surface area contributed by atoms with E-state index in [0.717, 1.165) is 0 Å². The molecule has 1 atom stereocenters. The molecule has 11 heteroatoms. The van der Waals surface area contributed by atoms with Crippen molar-refractivity contribution < 1.29 is 19.0 Å². The Morgan fingerprint density at radius 2 is 1.83 bits per heavy atom. The van der Waals surface area contributed by atoms with Crippen molar-refractivity contribution in [1.82, 2.24) is 19.9 Å². The lowest BCUT2D eigenvalue weighted by Crippen LogP contribution is -2.41. The summed E-state index contributed by atoms with van der Waals surface area (Å²) in [6.07, 6.45) is -0.492. The van der Waals surface area contributed by atoms with Crippen LogP contribution in [0.4, 0.5) is 22.1 Å². The van der Waals surface area contributed by atoms with Crippen molar-refractivity contribution in [3.8, 4) is 17.6 Å². The first-order valence-electron chi connectivity index (χ1n) is 11.1. The van der Waals surface area contributed by atoms with Gasteiger partial charge >= 0.3 is 6.09 Å². The molecule has 0 unspecified atom stereocenters. The lowest BCUT2D eigenvalue weighted by atomic mass is 10.2. The molecular weight excluding hydrogens is 450 g/mol. The summed E-state index contributed by atoms with van der Waals surface area (Å²) >= 11 is 0. The first-order chi connectivity index (χ1) is 16.5. The van der Waals surface area contributed by atoms with Gasteiger partial charge in [0.15, 0.2) is 11.5 Å². The standard InChI is InChI=1S/C24H31N7O4/c1-14-8-20(26-13-15(2)28-23(32)35-24(3,4)5)31-22(27-14)19(12-25)21(30-31)29-16-9-17(33-6)11-18(10-16)34-7/h8-11,15,26H,13H2,1-7H3,(H,28,32)(H,29,30)/t15-/m0/s1. The highest BCUT2D eigenvalue weighted by atomic mass is 16.6. The van der Waals surface area contributed by atoms with E-state index in [4.69, 9.17) is 14.2 Å². The summed E-state index contributed by atoms with van der Waals surface area (Å²) in [4.78, 5) is 16.6. The normalized spacial score (nSPS) is 11.9. The SMILES string of the molecule is COc1cc(Nc2nn3c(NC[C@H](C)NC(=O)OC(C)(C)C)cc(C)nc3c2C#N)cc(OC)c1. The summed E-state index contributed by atoms with van der Waals surface area (Å²) in [5, 5.41) is 23.7. The molecule has 0 aliphatic heterocycles. The van der Waals surface area contributed by atoms with Crippen molar-refractivity contribution in [2.45, 2.75) is 46.3 Å². The molecule has 3 N–H and O–H groups in total. The van der Waals surface area contributed by atoms with Crippen molar-refractivity contribution in [3.05, 3.63) is 35.5 Å². The molecule has 3 rings (SSSR count). The van der Waals surface area contributed by atoms with Crippen molar-refractivity contribution in [2.24, 2.45) is 0 Å². The number of aryl methyl sites for hydroxylation is 1. The van der Waals surface area contributed by atoms with Crippen LogP contribution in [0.25, 0.3) is 5.65 Å². The fourth-order valence-corrected chi connectivity index (χ4v) is 3.29. The third-order valence-electron chi connectivity index (χ3n) is 4.80. The summed E-state index contributed by atoms with van der Waals surface area (Å²) in [6, 6.07) is 9.07. The van der Waals surface area contributed by atoms with E-state index in [-0.39, 0.29) is 6.04 Å². The van der Waals surface area contributed by atoms with Gasteiger partial charge in [0.1, 0.15) is 34.6 Å². The van der Waals surface area contributed by atoms with Gasteiger partial charge in [-0.1, -0.05) is 0 Å². The average molecular weight is 482 g/mol. The van der Waals surface area contributed by atoms with E-state index in [1.165, 1.54) is 0 Å². The van der Waals surface area contributed by atoms with Gasteiger partial charge in [-0.2, -0.15) is 9.78 Å². The molecule has 35 heavy (non-hydrogen) atoms. The van der Waals surface area contributed by atoms with Gasteiger partial charge in [-0.3, -0.25) is 0 Å². The number of carbonyl (C=O) groups excluding carboxylic acids is 1. The molecule has 0 aliphatic rings. The minimum Gasteiger partial charge on any atom is -0.497 e. The van der Waals surface area contributed by atoms with Gasteiger partial charge in [0.2, 0.25) is 0 Å². The molecule has 0 bridgehead atoms. The zero-order chi connectivity index (χ0) is 25.8. The van der Waals surface area contributed by atoms with Crippen LogP contribution in [-0.2, 0) is 4.74 Å². The molecule has 186 valence electrons. The molecule has 2 heterocycles. The van der Waals surface area contributed by atoms with Gasteiger partial charge in [-0.15, -0.1) is 5.10 Å². The molecule has 0 spiro atoms. The van der Waals surface area contributed by atoms with E-state index in [2.05, 4.69) is 32.1 Å². The number of nitrogens with one attached hydrogen (secondary N) is 3. The predicted molar refractivity (Wildman–Crippen MR) is 133 cm³/mol. The first-order valence-corrected chi connectivity index (χ1v) is 11.1. The van der Waals surface area contributed by atoms with Crippen LogP contribution in [0.2, 0.25) is 0 Å². The number of nitrogens with zero attached hydrogens (tertiary/aromatic N) is 4.